The molecule has 3 rings (SSSR count). The van der Waals surface area contributed by atoms with Crippen molar-refractivity contribution < 1.29 is 9.47 Å². The van der Waals surface area contributed by atoms with Gasteiger partial charge in [0.1, 0.15) is 17.0 Å². The Labute approximate surface area is 140 Å². The fraction of sp³-hybridized carbons (Fsp3) is 0.600. The van der Waals surface area contributed by atoms with Crippen LogP contribution in [0.1, 0.15) is 45.3 Å². The smallest absolute Gasteiger partial charge is 0.126 e. The standard InChI is InChI=1S/C20H27NO2/c1-19(2)16-11-13-20(3,12-8-14-21(4)5)23-18(16)15-9-6-7-10-17(15)22-19/h6-7,9-10,16,18H,11,13-14H2,1-5H3/t16-,18+,20+/m1/s1. The molecule has 1 saturated heterocycles. The summed E-state index contributed by atoms with van der Waals surface area (Å²) >= 11 is 0. The number of fused-ring (bicyclic) bond motifs is 3. The number of benzene rings is 1. The third-order valence-electron chi connectivity index (χ3n) is 4.92. The minimum absolute atomic E-state index is 0.0577. The van der Waals surface area contributed by atoms with Gasteiger partial charge in [-0.2, -0.15) is 0 Å². The molecule has 2 aliphatic heterocycles. The van der Waals surface area contributed by atoms with Crippen LogP contribution in [0.2, 0.25) is 0 Å². The zero-order chi connectivity index (χ0) is 16.7. The summed E-state index contributed by atoms with van der Waals surface area (Å²) in [5.41, 5.74) is 0.576. The van der Waals surface area contributed by atoms with E-state index in [-0.39, 0.29) is 17.3 Å². The molecule has 23 heavy (non-hydrogen) atoms. The van der Waals surface area contributed by atoms with Gasteiger partial charge in [-0.3, -0.25) is 4.90 Å². The van der Waals surface area contributed by atoms with E-state index in [1.807, 2.05) is 26.2 Å². The van der Waals surface area contributed by atoms with Crippen molar-refractivity contribution in [3.63, 3.8) is 0 Å². The summed E-state index contributed by atoms with van der Waals surface area (Å²) in [6.07, 6.45) is 2.07. The van der Waals surface area contributed by atoms with Gasteiger partial charge in [0.15, 0.2) is 0 Å². The van der Waals surface area contributed by atoms with E-state index >= 15 is 0 Å². The Balaban J connectivity index is 1.90. The van der Waals surface area contributed by atoms with Gasteiger partial charge in [0.2, 0.25) is 0 Å². The molecule has 1 aromatic carbocycles. The van der Waals surface area contributed by atoms with E-state index < -0.39 is 0 Å². The predicted octanol–water partition coefficient (Wildman–Crippen LogP) is 3.65. The minimum atomic E-state index is -0.377. The third kappa shape index (κ3) is 3.24. The molecule has 1 aromatic rings. The van der Waals surface area contributed by atoms with Gasteiger partial charge in [0, 0.05) is 11.5 Å². The first-order valence-electron chi connectivity index (χ1n) is 8.41. The number of para-hydroxylation sites is 1. The Morgan fingerprint density at radius 1 is 1.22 bits per heavy atom. The second-order valence-electron chi connectivity index (χ2n) is 7.70. The first-order valence-corrected chi connectivity index (χ1v) is 8.41. The predicted molar refractivity (Wildman–Crippen MR) is 92.4 cm³/mol. The molecule has 3 nitrogen and oxygen atoms in total. The molecule has 0 aliphatic carbocycles. The number of hydrogen-bond donors (Lipinski definition) is 0. The molecule has 2 heterocycles. The van der Waals surface area contributed by atoms with Gasteiger partial charge in [0.05, 0.1) is 12.6 Å². The Bertz CT molecular complexity index is 641. The van der Waals surface area contributed by atoms with Crippen molar-refractivity contribution in [3.8, 4) is 17.6 Å². The van der Waals surface area contributed by atoms with Gasteiger partial charge in [-0.05, 0) is 53.8 Å². The van der Waals surface area contributed by atoms with Crippen molar-refractivity contribution in [3.05, 3.63) is 29.8 Å². The number of rotatable bonds is 1. The molecule has 0 amide bonds. The SMILES string of the molecule is CN(C)CC#C[C@@]1(C)CC[C@@H]2[C@@H](O1)c1ccccc1OC2(C)C. The van der Waals surface area contributed by atoms with E-state index in [2.05, 4.69) is 49.6 Å². The highest BCUT2D eigenvalue weighted by atomic mass is 16.5. The van der Waals surface area contributed by atoms with Gasteiger partial charge >= 0.3 is 0 Å². The maximum Gasteiger partial charge on any atom is 0.126 e. The lowest BCUT2D eigenvalue weighted by atomic mass is 9.73. The Morgan fingerprint density at radius 2 is 1.96 bits per heavy atom. The van der Waals surface area contributed by atoms with Crippen LogP contribution in [0.3, 0.4) is 0 Å². The summed E-state index contributed by atoms with van der Waals surface area (Å²) in [6, 6.07) is 8.25. The van der Waals surface area contributed by atoms with E-state index in [4.69, 9.17) is 9.47 Å². The fourth-order valence-corrected chi connectivity index (χ4v) is 3.64. The zero-order valence-corrected chi connectivity index (χ0v) is 14.8. The van der Waals surface area contributed by atoms with Crippen LogP contribution in [0.15, 0.2) is 24.3 Å². The lowest BCUT2D eigenvalue weighted by Crippen LogP contribution is -2.50. The Morgan fingerprint density at radius 3 is 2.70 bits per heavy atom. The summed E-state index contributed by atoms with van der Waals surface area (Å²) in [4.78, 5) is 2.08. The number of hydrogen-bond acceptors (Lipinski definition) is 3. The van der Waals surface area contributed by atoms with Crippen LogP contribution in [0.25, 0.3) is 0 Å². The van der Waals surface area contributed by atoms with E-state index in [0.717, 1.165) is 30.7 Å². The fourth-order valence-electron chi connectivity index (χ4n) is 3.64. The highest BCUT2D eigenvalue weighted by Gasteiger charge is 2.49. The third-order valence-corrected chi connectivity index (χ3v) is 4.92. The molecular formula is C20H27NO2. The molecule has 124 valence electrons. The van der Waals surface area contributed by atoms with Crippen molar-refractivity contribution in [1.82, 2.24) is 4.90 Å². The van der Waals surface area contributed by atoms with E-state index in [1.165, 1.54) is 0 Å². The summed E-state index contributed by atoms with van der Waals surface area (Å²) in [5, 5.41) is 0. The van der Waals surface area contributed by atoms with Crippen molar-refractivity contribution >= 4 is 0 Å². The topological polar surface area (TPSA) is 21.7 Å². The van der Waals surface area contributed by atoms with Crippen LogP contribution < -0.4 is 4.74 Å². The van der Waals surface area contributed by atoms with Crippen molar-refractivity contribution in [2.24, 2.45) is 5.92 Å². The normalized spacial score (nSPS) is 31.4. The molecule has 0 bridgehead atoms. The molecule has 0 saturated carbocycles. The van der Waals surface area contributed by atoms with Gasteiger partial charge in [-0.25, -0.2) is 0 Å². The van der Waals surface area contributed by atoms with Crippen LogP contribution in [-0.4, -0.2) is 36.7 Å². The highest BCUT2D eigenvalue weighted by molar-refractivity contribution is 5.39. The quantitative estimate of drug-likeness (QED) is 0.739. The lowest BCUT2D eigenvalue weighted by molar-refractivity contribution is -0.169. The average molecular weight is 313 g/mol. The van der Waals surface area contributed by atoms with Crippen LogP contribution >= 0.6 is 0 Å². The minimum Gasteiger partial charge on any atom is -0.487 e. The van der Waals surface area contributed by atoms with Crippen LogP contribution in [0, 0.1) is 17.8 Å². The zero-order valence-electron chi connectivity index (χ0n) is 14.8. The Kier molecular flexibility index (Phi) is 4.16. The van der Waals surface area contributed by atoms with Gasteiger partial charge in [-0.1, -0.05) is 30.0 Å². The first kappa shape index (κ1) is 16.4. The molecule has 1 fully saturated rings. The van der Waals surface area contributed by atoms with Gasteiger partial charge < -0.3 is 9.47 Å². The summed E-state index contributed by atoms with van der Waals surface area (Å²) in [5.74, 6) is 7.93. The lowest BCUT2D eigenvalue weighted by Gasteiger charge is -2.50. The maximum absolute atomic E-state index is 6.55. The highest BCUT2D eigenvalue weighted by Crippen LogP contribution is 2.52. The van der Waals surface area contributed by atoms with E-state index in [0.29, 0.717) is 5.92 Å². The van der Waals surface area contributed by atoms with Crippen molar-refractivity contribution in [2.75, 3.05) is 20.6 Å². The van der Waals surface area contributed by atoms with E-state index in [1.54, 1.807) is 0 Å². The monoisotopic (exact) mass is 313 g/mol. The molecule has 2 aliphatic rings. The summed E-state index contributed by atoms with van der Waals surface area (Å²) in [6.45, 7) is 7.23. The average Bonchev–Trinajstić information content (AvgIpc) is 2.46. The van der Waals surface area contributed by atoms with Gasteiger partial charge in [-0.15, -0.1) is 0 Å². The second-order valence-corrected chi connectivity index (χ2v) is 7.70. The first-order chi connectivity index (χ1) is 10.8. The van der Waals surface area contributed by atoms with Crippen LogP contribution in [0.4, 0.5) is 0 Å². The van der Waals surface area contributed by atoms with Crippen molar-refractivity contribution in [2.45, 2.75) is 50.9 Å². The number of nitrogens with zero attached hydrogens (tertiary/aromatic N) is 1. The van der Waals surface area contributed by atoms with Crippen LogP contribution in [0.5, 0.6) is 5.75 Å². The molecule has 0 aromatic heterocycles. The molecule has 0 N–H and O–H groups in total. The van der Waals surface area contributed by atoms with Crippen LogP contribution in [-0.2, 0) is 4.74 Å². The Hall–Kier alpha value is -1.50. The molecular weight excluding hydrogens is 286 g/mol. The summed E-state index contributed by atoms with van der Waals surface area (Å²) < 4.78 is 12.8. The molecule has 0 spiro atoms. The number of ether oxygens (including phenoxy) is 2. The van der Waals surface area contributed by atoms with Gasteiger partial charge in [0.25, 0.3) is 0 Å². The van der Waals surface area contributed by atoms with Crippen molar-refractivity contribution in [1.29, 1.82) is 0 Å². The molecule has 3 heteroatoms. The van der Waals surface area contributed by atoms with E-state index in [9.17, 15) is 0 Å². The molecule has 0 unspecified atom stereocenters. The molecule has 3 atom stereocenters. The summed E-state index contributed by atoms with van der Waals surface area (Å²) in [7, 11) is 4.07. The maximum atomic E-state index is 6.55. The second kappa shape index (κ2) is 5.85. The largest absolute Gasteiger partial charge is 0.487 e. The molecule has 0 radical (unpaired) electrons.